The molecule has 1 aliphatic rings. The van der Waals surface area contributed by atoms with Crippen LogP contribution in [0.25, 0.3) is 0 Å². The summed E-state index contributed by atoms with van der Waals surface area (Å²) in [4.78, 5) is 0. The van der Waals surface area contributed by atoms with E-state index in [1.165, 1.54) is 46.0 Å². The number of alkyl halides is 3. The highest BCUT2D eigenvalue weighted by Gasteiger charge is 2.44. The zero-order chi connectivity index (χ0) is 17.3. The Morgan fingerprint density at radius 3 is 1.67 bits per heavy atom. The van der Waals surface area contributed by atoms with Gasteiger partial charge >= 0.3 is 15.6 Å². The molecule has 0 aromatic rings. The van der Waals surface area contributed by atoms with Crippen molar-refractivity contribution in [1.29, 1.82) is 0 Å². The van der Waals surface area contributed by atoms with Gasteiger partial charge in [0.1, 0.15) is 0 Å². The predicted octanol–water partition coefficient (Wildman–Crippen LogP) is 2.85. The van der Waals surface area contributed by atoms with Gasteiger partial charge in [0.25, 0.3) is 0 Å². The smallest absolute Gasteiger partial charge is 0.366 e. The van der Waals surface area contributed by atoms with Crippen molar-refractivity contribution in [3.8, 4) is 0 Å². The molecule has 0 unspecified atom stereocenters. The van der Waals surface area contributed by atoms with Gasteiger partial charge in [-0.3, -0.25) is 4.55 Å². The third-order valence-electron chi connectivity index (χ3n) is 2.27. The number of halogens is 3. The first kappa shape index (κ1) is 22.6. The first-order valence-electron chi connectivity index (χ1n) is 6.28. The van der Waals surface area contributed by atoms with E-state index in [0.29, 0.717) is 0 Å². The lowest BCUT2D eigenvalue weighted by atomic mass is 10.1. The normalized spacial score (nSPS) is 16.4. The molecule has 0 aromatic carbocycles. The zero-order valence-corrected chi connectivity index (χ0v) is 12.9. The third-order valence-corrected chi connectivity index (χ3v) is 2.85. The number of allylic oxidation sites excluding steroid dienone is 1. The van der Waals surface area contributed by atoms with Gasteiger partial charge in [-0.2, -0.15) is 21.6 Å². The molecular weight excluding hydrogens is 313 g/mol. The third kappa shape index (κ3) is 17.3. The Morgan fingerprint density at radius 1 is 1.19 bits per heavy atom. The van der Waals surface area contributed by atoms with Gasteiger partial charge in [-0.1, -0.05) is 31.8 Å². The second-order valence-electron chi connectivity index (χ2n) is 5.09. The van der Waals surface area contributed by atoms with Crippen LogP contribution in [-0.2, 0) is 10.1 Å². The van der Waals surface area contributed by atoms with Crippen molar-refractivity contribution in [1.82, 2.24) is 0 Å². The molecule has 128 valence electrons. The van der Waals surface area contributed by atoms with Crippen LogP contribution in [0.15, 0.2) is 12.7 Å². The van der Waals surface area contributed by atoms with Crippen LogP contribution >= 0.6 is 0 Å². The molecule has 0 radical (unpaired) electrons. The molecule has 0 bridgehead atoms. The van der Waals surface area contributed by atoms with Crippen LogP contribution < -0.4 is 0 Å². The molecule has 9 heteroatoms. The number of rotatable bonds is 2. The van der Waals surface area contributed by atoms with E-state index in [0.717, 1.165) is 5.92 Å². The molecule has 0 atom stereocenters. The van der Waals surface area contributed by atoms with Crippen molar-refractivity contribution in [3.63, 3.8) is 0 Å². The molecule has 0 saturated heterocycles. The lowest BCUT2D eigenvalue weighted by molar-refractivity contribution is -0.127. The summed E-state index contributed by atoms with van der Waals surface area (Å²) in [7, 11) is -5.84. The topological polar surface area (TPSA) is 94.8 Å². The van der Waals surface area contributed by atoms with Crippen molar-refractivity contribution >= 4 is 10.1 Å². The van der Waals surface area contributed by atoms with Crippen LogP contribution in [0.1, 0.15) is 46.0 Å². The van der Waals surface area contributed by atoms with Crippen molar-refractivity contribution in [2.75, 3.05) is 0 Å². The van der Waals surface area contributed by atoms with E-state index in [1.54, 1.807) is 0 Å². The molecule has 3 N–H and O–H groups in total. The molecule has 0 amide bonds. The summed E-state index contributed by atoms with van der Waals surface area (Å²) in [6.07, 6.45) is 9.12. The summed E-state index contributed by atoms with van der Waals surface area (Å²) >= 11 is 0. The fourth-order valence-corrected chi connectivity index (χ4v) is 1.48. The van der Waals surface area contributed by atoms with Crippen LogP contribution in [0.5, 0.6) is 0 Å². The van der Waals surface area contributed by atoms with Gasteiger partial charge in [-0.05, 0) is 26.2 Å². The average molecular weight is 336 g/mol. The van der Waals surface area contributed by atoms with E-state index in [4.69, 9.17) is 23.2 Å². The second kappa shape index (κ2) is 9.39. The van der Waals surface area contributed by atoms with E-state index in [9.17, 15) is 13.2 Å². The first-order valence-corrected chi connectivity index (χ1v) is 7.72. The van der Waals surface area contributed by atoms with Crippen molar-refractivity contribution < 1.29 is 36.4 Å². The molecule has 1 saturated carbocycles. The zero-order valence-electron chi connectivity index (χ0n) is 12.1. The van der Waals surface area contributed by atoms with Crippen molar-refractivity contribution in [2.45, 2.75) is 57.2 Å². The monoisotopic (exact) mass is 336 g/mol. The van der Waals surface area contributed by atoms with E-state index in [1.807, 2.05) is 0 Å². The molecule has 1 fully saturated rings. The molecule has 5 nitrogen and oxygen atoms in total. The molecule has 1 aliphatic carbocycles. The van der Waals surface area contributed by atoms with E-state index in [-0.39, 0.29) is 0 Å². The summed E-state index contributed by atoms with van der Waals surface area (Å²) in [6, 6.07) is 0. The predicted molar refractivity (Wildman–Crippen MR) is 72.9 cm³/mol. The van der Waals surface area contributed by atoms with Gasteiger partial charge in [0, 0.05) is 0 Å². The molecule has 1 rings (SSSR count). The maximum absolute atomic E-state index is 10.7. The summed E-state index contributed by atoms with van der Waals surface area (Å²) in [5, 5.41) is 16.2. The van der Waals surface area contributed by atoms with Crippen molar-refractivity contribution in [3.05, 3.63) is 12.7 Å². The maximum Gasteiger partial charge on any atom is 0.522 e. The van der Waals surface area contributed by atoms with Crippen LogP contribution in [-0.4, -0.2) is 34.5 Å². The van der Waals surface area contributed by atoms with Crippen LogP contribution in [0.4, 0.5) is 13.2 Å². The highest BCUT2D eigenvalue weighted by atomic mass is 32.2. The Morgan fingerprint density at radius 2 is 1.48 bits per heavy atom. The first-order chi connectivity index (χ1) is 9.18. The van der Waals surface area contributed by atoms with Gasteiger partial charge in [0.2, 0.25) is 0 Å². The van der Waals surface area contributed by atoms with Crippen molar-refractivity contribution in [2.24, 2.45) is 5.92 Å². The lowest BCUT2D eigenvalue weighted by Gasteiger charge is -2.03. The molecular formula is C12H23F3O5S. The summed E-state index contributed by atoms with van der Waals surface area (Å²) in [5.74, 6) is -0.507. The Kier molecular flexibility index (Phi) is 10.1. The second-order valence-corrected chi connectivity index (χ2v) is 6.50. The fourth-order valence-electron chi connectivity index (χ4n) is 1.48. The lowest BCUT2D eigenvalue weighted by Crippen LogP contribution is -2.21. The molecule has 0 spiro atoms. The molecule has 0 aromatic heterocycles. The van der Waals surface area contributed by atoms with Crippen LogP contribution in [0.3, 0.4) is 0 Å². The highest BCUT2D eigenvalue weighted by molar-refractivity contribution is 7.86. The van der Waals surface area contributed by atoms with E-state index < -0.39 is 21.4 Å². The number of aliphatic hydroxyl groups is 2. The fraction of sp³-hybridized carbons (Fsp3) is 0.833. The largest absolute Gasteiger partial charge is 0.522 e. The molecule has 21 heavy (non-hydrogen) atoms. The Labute approximate surface area is 123 Å². The molecule has 0 aliphatic heterocycles. The summed E-state index contributed by atoms with van der Waals surface area (Å²) in [6.45, 7) is 6.32. The Balaban J connectivity index is 0. The highest BCUT2D eigenvalue weighted by Crippen LogP contribution is 2.27. The van der Waals surface area contributed by atoms with Gasteiger partial charge in [-0.15, -0.1) is 6.58 Å². The standard InChI is InChI=1S/C8H14.C3H8O2.CHF3O3S/c1-2-5-8-6-3-4-7-8;1-3(2,4)5;2-1(3,4)8(5,6)7/h2,8H,1,3-7H2;4-5H,1-2H3;(H,5,6,7). The SMILES string of the molecule is C=CCC1CCCC1.CC(C)(O)O.O=S(=O)(O)C(F)(F)F. The maximum atomic E-state index is 10.7. The van der Waals surface area contributed by atoms with Gasteiger partial charge in [0.05, 0.1) is 0 Å². The van der Waals surface area contributed by atoms with Gasteiger partial charge < -0.3 is 10.2 Å². The minimum atomic E-state index is -5.84. The number of hydrogen-bond donors (Lipinski definition) is 3. The minimum Gasteiger partial charge on any atom is -0.366 e. The average Bonchev–Trinajstić information content (AvgIpc) is 2.65. The number of hydrogen-bond acceptors (Lipinski definition) is 4. The molecule has 0 heterocycles. The minimum absolute atomic E-state index is 0.993. The quantitative estimate of drug-likeness (QED) is 0.312. The van der Waals surface area contributed by atoms with Gasteiger partial charge in [-0.25, -0.2) is 0 Å². The van der Waals surface area contributed by atoms with E-state index >= 15 is 0 Å². The Hall–Kier alpha value is -0.640. The van der Waals surface area contributed by atoms with Crippen LogP contribution in [0, 0.1) is 5.92 Å². The summed E-state index contributed by atoms with van der Waals surface area (Å²) < 4.78 is 57.5. The van der Waals surface area contributed by atoms with Gasteiger partial charge in [0.15, 0.2) is 5.79 Å². The Bertz CT molecular complexity index is 373. The van der Waals surface area contributed by atoms with E-state index in [2.05, 4.69) is 12.7 Å². The summed E-state index contributed by atoms with van der Waals surface area (Å²) in [5.41, 5.74) is -5.53. The van der Waals surface area contributed by atoms with Crippen LogP contribution in [0.2, 0.25) is 0 Å².